The Morgan fingerprint density at radius 1 is 1.17 bits per heavy atom. The van der Waals surface area contributed by atoms with Crippen molar-refractivity contribution < 1.29 is 18.9 Å². The van der Waals surface area contributed by atoms with Crippen LogP contribution in [0, 0.1) is 15.9 Å². The Morgan fingerprint density at radius 2 is 1.91 bits per heavy atom. The number of nitro benzene ring substituents is 1. The molecule has 23 heavy (non-hydrogen) atoms. The topological polar surface area (TPSA) is 89.4 Å². The number of hydrogen-bond acceptors (Lipinski definition) is 5. The Balaban J connectivity index is 2.12. The quantitative estimate of drug-likeness (QED) is 0.587. The Hall–Kier alpha value is -3.06. The zero-order valence-corrected chi connectivity index (χ0v) is 11.8. The molecule has 0 aliphatic carbocycles. The summed E-state index contributed by atoms with van der Waals surface area (Å²) >= 11 is 0. The van der Waals surface area contributed by atoms with Gasteiger partial charge >= 0.3 is 0 Å². The van der Waals surface area contributed by atoms with Gasteiger partial charge in [-0.15, -0.1) is 0 Å². The fraction of sp³-hybridized carbons (Fsp3) is 0.0625. The van der Waals surface area contributed by atoms with Crippen LogP contribution in [0.4, 0.5) is 10.1 Å². The molecular weight excluding hydrogens is 303 g/mol. The number of nitrogens with zero attached hydrogens (tertiary/aromatic N) is 2. The first kappa shape index (κ1) is 14.9. The number of non-ortho nitro benzene ring substituents is 1. The molecule has 116 valence electrons. The molecule has 6 nitrogen and oxygen atoms in total. The van der Waals surface area contributed by atoms with Crippen molar-refractivity contribution in [1.82, 2.24) is 5.16 Å². The highest BCUT2D eigenvalue weighted by molar-refractivity contribution is 5.73. The summed E-state index contributed by atoms with van der Waals surface area (Å²) in [5, 5.41) is 24.4. The Kier molecular flexibility index (Phi) is 3.86. The average Bonchev–Trinajstić information content (AvgIpc) is 2.99. The molecule has 3 rings (SSSR count). The van der Waals surface area contributed by atoms with E-state index in [-0.39, 0.29) is 11.4 Å². The molecule has 0 spiro atoms. The standard InChI is InChI=1S/C16H11FN2O4/c17-12-5-1-3-10(7-12)15-14(9-20)16(23-18-15)11-4-2-6-13(8-11)19(21)22/h1-8,20H,9H2. The van der Waals surface area contributed by atoms with Crippen molar-refractivity contribution in [3.63, 3.8) is 0 Å². The summed E-state index contributed by atoms with van der Waals surface area (Å²) in [6.07, 6.45) is 0. The van der Waals surface area contributed by atoms with E-state index in [1.54, 1.807) is 12.1 Å². The van der Waals surface area contributed by atoms with Crippen molar-refractivity contribution in [2.75, 3.05) is 0 Å². The molecular formula is C16H11FN2O4. The molecule has 0 amide bonds. The number of nitro groups is 1. The van der Waals surface area contributed by atoms with E-state index in [1.807, 2.05) is 0 Å². The van der Waals surface area contributed by atoms with Gasteiger partial charge in [-0.25, -0.2) is 4.39 Å². The van der Waals surface area contributed by atoms with Gasteiger partial charge in [0.1, 0.15) is 11.5 Å². The molecule has 0 atom stereocenters. The van der Waals surface area contributed by atoms with E-state index >= 15 is 0 Å². The largest absolute Gasteiger partial charge is 0.391 e. The molecule has 0 radical (unpaired) electrons. The third-order valence-electron chi connectivity index (χ3n) is 3.36. The van der Waals surface area contributed by atoms with E-state index < -0.39 is 17.3 Å². The van der Waals surface area contributed by atoms with E-state index in [0.29, 0.717) is 22.4 Å². The molecule has 2 aromatic carbocycles. The molecule has 0 saturated carbocycles. The van der Waals surface area contributed by atoms with Crippen LogP contribution in [0.2, 0.25) is 0 Å². The molecule has 0 aliphatic rings. The van der Waals surface area contributed by atoms with Crippen LogP contribution in [-0.2, 0) is 6.61 Å². The monoisotopic (exact) mass is 314 g/mol. The third-order valence-corrected chi connectivity index (χ3v) is 3.36. The number of benzene rings is 2. The van der Waals surface area contributed by atoms with Crippen LogP contribution in [-0.4, -0.2) is 15.2 Å². The first-order chi connectivity index (χ1) is 11.1. The van der Waals surface area contributed by atoms with Gasteiger partial charge in [0, 0.05) is 23.3 Å². The predicted octanol–water partition coefficient (Wildman–Crippen LogP) is 3.55. The lowest BCUT2D eigenvalue weighted by molar-refractivity contribution is -0.384. The molecule has 7 heteroatoms. The number of aliphatic hydroxyl groups is 1. The van der Waals surface area contributed by atoms with Crippen LogP contribution in [0.15, 0.2) is 53.1 Å². The minimum Gasteiger partial charge on any atom is -0.391 e. The van der Waals surface area contributed by atoms with Gasteiger partial charge in [-0.05, 0) is 12.1 Å². The molecule has 0 aliphatic heterocycles. The summed E-state index contributed by atoms with van der Waals surface area (Å²) < 4.78 is 18.6. The van der Waals surface area contributed by atoms with Gasteiger partial charge in [0.15, 0.2) is 5.76 Å². The minimum atomic E-state index is -0.522. The predicted molar refractivity (Wildman–Crippen MR) is 79.9 cm³/mol. The fourth-order valence-corrected chi connectivity index (χ4v) is 2.31. The minimum absolute atomic E-state index is 0.102. The van der Waals surface area contributed by atoms with Gasteiger partial charge in [0.25, 0.3) is 5.69 Å². The van der Waals surface area contributed by atoms with Crippen molar-refractivity contribution in [1.29, 1.82) is 0 Å². The summed E-state index contributed by atoms with van der Waals surface area (Å²) in [5.74, 6) is -0.221. The lowest BCUT2D eigenvalue weighted by atomic mass is 10.0. The summed E-state index contributed by atoms with van der Waals surface area (Å²) in [6, 6.07) is 11.5. The molecule has 3 aromatic rings. The first-order valence-corrected chi connectivity index (χ1v) is 6.70. The van der Waals surface area contributed by atoms with E-state index in [1.165, 1.54) is 36.4 Å². The third kappa shape index (κ3) is 2.82. The van der Waals surface area contributed by atoms with Crippen LogP contribution in [0.25, 0.3) is 22.6 Å². The second kappa shape index (κ2) is 5.98. The first-order valence-electron chi connectivity index (χ1n) is 6.70. The van der Waals surface area contributed by atoms with E-state index in [2.05, 4.69) is 5.16 Å². The van der Waals surface area contributed by atoms with Crippen molar-refractivity contribution in [2.24, 2.45) is 0 Å². The molecule has 1 N–H and O–H groups in total. The van der Waals surface area contributed by atoms with Gasteiger partial charge in [-0.3, -0.25) is 10.1 Å². The second-order valence-electron chi connectivity index (χ2n) is 4.81. The smallest absolute Gasteiger partial charge is 0.270 e. The van der Waals surface area contributed by atoms with Crippen molar-refractivity contribution in [3.05, 3.63) is 70.0 Å². The number of halogens is 1. The molecule has 0 bridgehead atoms. The maximum absolute atomic E-state index is 13.4. The van der Waals surface area contributed by atoms with Crippen LogP contribution >= 0.6 is 0 Å². The van der Waals surface area contributed by atoms with Gasteiger partial charge in [-0.2, -0.15) is 0 Å². The molecule has 0 saturated heterocycles. The Morgan fingerprint density at radius 3 is 2.61 bits per heavy atom. The Labute approximate surface area is 129 Å². The average molecular weight is 314 g/mol. The van der Waals surface area contributed by atoms with E-state index in [4.69, 9.17) is 4.52 Å². The van der Waals surface area contributed by atoms with Gasteiger partial charge < -0.3 is 9.63 Å². The van der Waals surface area contributed by atoms with Crippen molar-refractivity contribution >= 4 is 5.69 Å². The van der Waals surface area contributed by atoms with Crippen LogP contribution in [0.5, 0.6) is 0 Å². The van der Waals surface area contributed by atoms with Crippen molar-refractivity contribution in [2.45, 2.75) is 6.61 Å². The molecule has 0 unspecified atom stereocenters. The van der Waals surface area contributed by atoms with Crippen LogP contribution in [0.3, 0.4) is 0 Å². The number of aliphatic hydroxyl groups excluding tert-OH is 1. The lowest BCUT2D eigenvalue weighted by Gasteiger charge is -2.02. The van der Waals surface area contributed by atoms with E-state index in [0.717, 1.165) is 0 Å². The molecule has 0 fully saturated rings. The zero-order chi connectivity index (χ0) is 16.4. The van der Waals surface area contributed by atoms with Crippen LogP contribution in [0.1, 0.15) is 5.56 Å². The van der Waals surface area contributed by atoms with E-state index in [9.17, 15) is 19.6 Å². The summed E-state index contributed by atoms with van der Waals surface area (Å²) in [5.41, 5.74) is 1.41. The maximum Gasteiger partial charge on any atom is 0.270 e. The summed E-state index contributed by atoms with van der Waals surface area (Å²) in [6.45, 7) is -0.395. The highest BCUT2D eigenvalue weighted by Gasteiger charge is 2.20. The maximum atomic E-state index is 13.4. The molecule has 1 aromatic heterocycles. The summed E-state index contributed by atoms with van der Waals surface area (Å²) in [4.78, 5) is 10.3. The molecule has 1 heterocycles. The van der Waals surface area contributed by atoms with Crippen LogP contribution < -0.4 is 0 Å². The summed E-state index contributed by atoms with van der Waals surface area (Å²) in [7, 11) is 0. The number of hydrogen-bond donors (Lipinski definition) is 1. The highest BCUT2D eigenvalue weighted by Crippen LogP contribution is 2.33. The van der Waals surface area contributed by atoms with Gasteiger partial charge in [0.05, 0.1) is 17.1 Å². The Bertz CT molecular complexity index is 876. The van der Waals surface area contributed by atoms with Gasteiger partial charge in [0.2, 0.25) is 0 Å². The lowest BCUT2D eigenvalue weighted by Crippen LogP contribution is -1.91. The fourth-order valence-electron chi connectivity index (χ4n) is 2.31. The SMILES string of the molecule is O=[N+]([O-])c1cccc(-c2onc(-c3cccc(F)c3)c2CO)c1. The van der Waals surface area contributed by atoms with Crippen molar-refractivity contribution in [3.8, 4) is 22.6 Å². The highest BCUT2D eigenvalue weighted by atomic mass is 19.1. The normalized spacial score (nSPS) is 10.7. The number of rotatable bonds is 4. The number of aromatic nitrogens is 1. The van der Waals surface area contributed by atoms with Gasteiger partial charge in [-0.1, -0.05) is 29.4 Å². The zero-order valence-electron chi connectivity index (χ0n) is 11.8. The second-order valence-corrected chi connectivity index (χ2v) is 4.81.